The van der Waals surface area contributed by atoms with Crippen LogP contribution in [0.15, 0.2) is 56.6 Å². The van der Waals surface area contributed by atoms with Gasteiger partial charge in [0.05, 0.1) is 10.4 Å². The molecule has 1 heterocycles. The van der Waals surface area contributed by atoms with E-state index in [1.807, 2.05) is 0 Å². The number of aromatic nitrogens is 1. The van der Waals surface area contributed by atoms with E-state index in [1.165, 1.54) is 21.0 Å². The Kier molecular flexibility index (Phi) is 6.42. The highest BCUT2D eigenvalue weighted by atomic mass is 32.2. The highest BCUT2D eigenvalue weighted by Gasteiger charge is 2.22. The number of fused-ring (bicyclic) bond motifs is 1. The molecule has 0 unspecified atom stereocenters. The number of hydrogen-bond acceptors (Lipinski definition) is 5. The molecule has 0 bridgehead atoms. The predicted octanol–water partition coefficient (Wildman–Crippen LogP) is 2.96. The summed E-state index contributed by atoms with van der Waals surface area (Å²) in [6.07, 6.45) is 0.0376. The molecular weight excluding hydrogens is 406 g/mol. The quantitative estimate of drug-likeness (QED) is 0.591. The molecule has 0 aliphatic heterocycles. The topological polar surface area (TPSA) is 102 Å². The summed E-state index contributed by atoms with van der Waals surface area (Å²) in [5, 5.41) is 2.76. The molecular formula is C21H25N3O5S. The molecule has 0 atom stereocenters. The Morgan fingerprint density at radius 1 is 1.13 bits per heavy atom. The van der Waals surface area contributed by atoms with Gasteiger partial charge in [0.1, 0.15) is 0 Å². The van der Waals surface area contributed by atoms with Crippen LogP contribution in [-0.2, 0) is 21.4 Å². The van der Waals surface area contributed by atoms with Crippen molar-refractivity contribution in [3.63, 3.8) is 0 Å². The van der Waals surface area contributed by atoms with Gasteiger partial charge >= 0.3 is 5.76 Å². The van der Waals surface area contributed by atoms with Gasteiger partial charge in [-0.2, -0.15) is 4.31 Å². The monoisotopic (exact) mass is 431 g/mol. The highest BCUT2D eigenvalue weighted by Crippen LogP contribution is 2.23. The van der Waals surface area contributed by atoms with Gasteiger partial charge < -0.3 is 9.73 Å². The van der Waals surface area contributed by atoms with E-state index >= 15 is 0 Å². The van der Waals surface area contributed by atoms with Crippen LogP contribution in [0, 0.1) is 6.92 Å². The number of benzene rings is 2. The van der Waals surface area contributed by atoms with Crippen molar-refractivity contribution < 1.29 is 17.6 Å². The molecule has 0 spiro atoms. The van der Waals surface area contributed by atoms with Crippen molar-refractivity contribution in [2.45, 2.75) is 38.6 Å². The lowest BCUT2D eigenvalue weighted by molar-refractivity contribution is -0.116. The largest absolute Gasteiger partial charge is 0.419 e. The summed E-state index contributed by atoms with van der Waals surface area (Å²) in [6.45, 7) is 6.22. The molecule has 0 saturated carbocycles. The Morgan fingerprint density at radius 3 is 2.53 bits per heavy atom. The standard InChI is InChI=1S/C21H25N3O5S/c1-4-23(5-2)30(27,28)16-11-10-15(3)17(14-16)22-20(25)12-13-24-18-8-6-7-9-19(18)29-21(24)26/h6-11,14H,4-5,12-13H2,1-3H3,(H,22,25). The summed E-state index contributed by atoms with van der Waals surface area (Å²) in [5.74, 6) is -0.847. The number of rotatable bonds is 8. The van der Waals surface area contributed by atoms with Crippen molar-refractivity contribution >= 4 is 32.7 Å². The van der Waals surface area contributed by atoms with Gasteiger partial charge in [-0.05, 0) is 36.8 Å². The van der Waals surface area contributed by atoms with E-state index in [0.29, 0.717) is 29.9 Å². The number of hydrogen-bond donors (Lipinski definition) is 1. The Labute approximate surface area is 175 Å². The molecule has 8 nitrogen and oxygen atoms in total. The number of carbonyl (C=O) groups is 1. The summed E-state index contributed by atoms with van der Waals surface area (Å²) < 4.78 is 33.4. The molecule has 3 rings (SSSR count). The fourth-order valence-corrected chi connectivity index (χ4v) is 4.75. The number of oxazole rings is 1. The number of para-hydroxylation sites is 2. The molecule has 2 aromatic carbocycles. The number of amides is 1. The van der Waals surface area contributed by atoms with Crippen molar-refractivity contribution in [2.75, 3.05) is 18.4 Å². The number of anilines is 1. The lowest BCUT2D eigenvalue weighted by atomic mass is 10.2. The first-order valence-electron chi connectivity index (χ1n) is 9.77. The van der Waals surface area contributed by atoms with Gasteiger partial charge in [-0.15, -0.1) is 0 Å². The zero-order valence-corrected chi connectivity index (χ0v) is 18.0. The molecule has 30 heavy (non-hydrogen) atoms. The second kappa shape index (κ2) is 8.85. The van der Waals surface area contributed by atoms with Crippen LogP contribution >= 0.6 is 0 Å². The maximum absolute atomic E-state index is 12.8. The van der Waals surface area contributed by atoms with Crippen LogP contribution in [0.1, 0.15) is 25.8 Å². The van der Waals surface area contributed by atoms with Crippen molar-refractivity contribution in [3.05, 3.63) is 58.6 Å². The van der Waals surface area contributed by atoms with Gasteiger partial charge in [0.2, 0.25) is 15.9 Å². The van der Waals surface area contributed by atoms with E-state index in [2.05, 4.69) is 5.32 Å². The molecule has 9 heteroatoms. The summed E-state index contributed by atoms with van der Waals surface area (Å²) in [4.78, 5) is 24.7. The molecule has 1 amide bonds. The summed E-state index contributed by atoms with van der Waals surface area (Å²) in [7, 11) is -3.63. The maximum Gasteiger partial charge on any atom is 0.419 e. The lowest BCUT2D eigenvalue weighted by Crippen LogP contribution is -2.30. The first-order valence-corrected chi connectivity index (χ1v) is 11.2. The SMILES string of the molecule is CCN(CC)S(=O)(=O)c1ccc(C)c(NC(=O)CCn2c(=O)oc3ccccc32)c1. The highest BCUT2D eigenvalue weighted by molar-refractivity contribution is 7.89. The Balaban J connectivity index is 1.77. The van der Waals surface area contributed by atoms with Gasteiger partial charge in [-0.1, -0.05) is 32.0 Å². The summed E-state index contributed by atoms with van der Waals surface area (Å²) >= 11 is 0. The Hall–Kier alpha value is -2.91. The third-order valence-electron chi connectivity index (χ3n) is 4.96. The van der Waals surface area contributed by atoms with Gasteiger partial charge in [-0.25, -0.2) is 13.2 Å². The van der Waals surface area contributed by atoms with Crippen molar-refractivity contribution in [1.29, 1.82) is 0 Å². The molecule has 1 N–H and O–H groups in total. The molecule has 0 aliphatic rings. The Morgan fingerprint density at radius 2 is 1.83 bits per heavy atom. The first kappa shape index (κ1) is 21.8. The second-order valence-electron chi connectivity index (χ2n) is 6.85. The number of sulfonamides is 1. The predicted molar refractivity (Wildman–Crippen MR) is 115 cm³/mol. The fraction of sp³-hybridized carbons (Fsp3) is 0.333. The van der Waals surface area contributed by atoms with Crippen LogP contribution in [0.3, 0.4) is 0 Å². The van der Waals surface area contributed by atoms with Crippen LogP contribution in [0.25, 0.3) is 11.1 Å². The number of carbonyl (C=O) groups excluding carboxylic acids is 1. The van der Waals surface area contributed by atoms with Crippen molar-refractivity contribution in [2.24, 2.45) is 0 Å². The molecule has 160 valence electrons. The minimum Gasteiger partial charge on any atom is -0.408 e. The van der Waals surface area contributed by atoms with Crippen LogP contribution in [0.4, 0.5) is 5.69 Å². The lowest BCUT2D eigenvalue weighted by Gasteiger charge is -2.19. The normalized spacial score (nSPS) is 11.9. The Bertz CT molecular complexity index is 1220. The van der Waals surface area contributed by atoms with Gasteiger partial charge in [0.25, 0.3) is 0 Å². The second-order valence-corrected chi connectivity index (χ2v) is 8.79. The van der Waals surface area contributed by atoms with Gasteiger partial charge in [0.15, 0.2) is 5.58 Å². The molecule has 3 aromatic rings. The van der Waals surface area contributed by atoms with E-state index < -0.39 is 15.8 Å². The number of aryl methyl sites for hydroxylation is 2. The van der Waals surface area contributed by atoms with E-state index in [9.17, 15) is 18.0 Å². The van der Waals surface area contributed by atoms with E-state index in [4.69, 9.17) is 4.42 Å². The summed E-state index contributed by atoms with van der Waals surface area (Å²) in [6, 6.07) is 11.7. The van der Waals surface area contributed by atoms with Gasteiger partial charge in [0, 0.05) is 31.7 Å². The molecule has 1 aromatic heterocycles. The average Bonchev–Trinajstić information content (AvgIpc) is 3.03. The summed E-state index contributed by atoms with van der Waals surface area (Å²) in [5.41, 5.74) is 2.26. The van der Waals surface area contributed by atoms with Crippen molar-refractivity contribution in [1.82, 2.24) is 8.87 Å². The van der Waals surface area contributed by atoms with E-state index in [0.717, 1.165) is 5.56 Å². The third-order valence-corrected chi connectivity index (χ3v) is 7.01. The molecule has 0 fully saturated rings. The smallest absolute Gasteiger partial charge is 0.408 e. The van der Waals surface area contributed by atoms with Gasteiger partial charge in [-0.3, -0.25) is 9.36 Å². The number of nitrogens with one attached hydrogen (secondary N) is 1. The molecule has 0 radical (unpaired) electrons. The third kappa shape index (κ3) is 4.31. The van der Waals surface area contributed by atoms with E-state index in [-0.39, 0.29) is 23.8 Å². The number of nitrogens with zero attached hydrogens (tertiary/aromatic N) is 2. The van der Waals surface area contributed by atoms with Crippen LogP contribution < -0.4 is 11.1 Å². The van der Waals surface area contributed by atoms with E-state index in [1.54, 1.807) is 51.1 Å². The van der Waals surface area contributed by atoms with Crippen LogP contribution in [-0.4, -0.2) is 36.3 Å². The average molecular weight is 432 g/mol. The van der Waals surface area contributed by atoms with Crippen LogP contribution in [0.5, 0.6) is 0 Å². The molecule has 0 aliphatic carbocycles. The van der Waals surface area contributed by atoms with Crippen molar-refractivity contribution in [3.8, 4) is 0 Å². The maximum atomic E-state index is 12.8. The minimum atomic E-state index is -3.63. The fourth-order valence-electron chi connectivity index (χ4n) is 3.26. The minimum absolute atomic E-state index is 0.0376. The first-order chi connectivity index (χ1) is 14.3. The zero-order chi connectivity index (χ0) is 21.9. The zero-order valence-electron chi connectivity index (χ0n) is 17.2. The van der Waals surface area contributed by atoms with Crippen LogP contribution in [0.2, 0.25) is 0 Å². The molecule has 0 saturated heterocycles.